The van der Waals surface area contributed by atoms with Gasteiger partial charge < -0.3 is 14.7 Å². The number of hydrogen-bond acceptors (Lipinski definition) is 3. The second-order valence-corrected chi connectivity index (χ2v) is 13.4. The normalized spacial score (nSPS) is 14.5. The number of benzene rings is 5. The van der Waals surface area contributed by atoms with Crippen LogP contribution >= 0.6 is 0 Å². The molecule has 5 aromatic rings. The third-order valence-electron chi connectivity index (χ3n) is 9.50. The maximum atomic E-state index is 10.5. The highest BCUT2D eigenvalue weighted by Gasteiger charge is 2.35. The zero-order valence-corrected chi connectivity index (χ0v) is 28.7. The fraction of sp³-hybridized carbons (Fsp3) is 0.182. The fourth-order valence-corrected chi connectivity index (χ4v) is 5.91. The maximum Gasteiger partial charge on any atom is 0.309 e. The van der Waals surface area contributed by atoms with E-state index in [0.717, 1.165) is 28.9 Å². The lowest BCUT2D eigenvalue weighted by molar-refractivity contribution is -0.0893. The first-order valence-electron chi connectivity index (χ1n) is 16.8. The van der Waals surface area contributed by atoms with E-state index >= 15 is 0 Å². The first kappa shape index (κ1) is 33.0. The van der Waals surface area contributed by atoms with Crippen molar-refractivity contribution in [2.45, 2.75) is 52.2 Å². The number of anilines is 3. The van der Waals surface area contributed by atoms with Gasteiger partial charge in [0.05, 0.1) is 11.2 Å². The molecule has 48 heavy (non-hydrogen) atoms. The zero-order chi connectivity index (χ0) is 33.7. The van der Waals surface area contributed by atoms with E-state index in [4.69, 9.17) is 4.65 Å². The summed E-state index contributed by atoms with van der Waals surface area (Å²) in [5.41, 5.74) is 8.80. The summed E-state index contributed by atoms with van der Waals surface area (Å²) in [6.45, 7) is 9.46. The SMILES string of the molecule is C/C=C\C=C1/CC=CC=C1c1ccc(N(c2ccc(BOC(C)(C)C(C)(C)O)cc2)c2ccc(-c3cccc4ccccc34)cc2)cc1. The van der Waals surface area contributed by atoms with Crippen LogP contribution in [0.15, 0.2) is 157 Å². The van der Waals surface area contributed by atoms with Crippen molar-refractivity contribution in [3.05, 3.63) is 163 Å². The molecular formula is C44H44BNO2. The number of aliphatic hydroxyl groups is 1. The molecule has 0 heterocycles. The van der Waals surface area contributed by atoms with Gasteiger partial charge >= 0.3 is 7.48 Å². The largest absolute Gasteiger partial charge is 0.427 e. The van der Waals surface area contributed by atoms with Gasteiger partial charge in [0.25, 0.3) is 0 Å². The van der Waals surface area contributed by atoms with E-state index in [1.54, 1.807) is 13.8 Å². The van der Waals surface area contributed by atoms with Crippen molar-refractivity contribution in [2.75, 3.05) is 4.90 Å². The van der Waals surface area contributed by atoms with Gasteiger partial charge in [-0.1, -0.05) is 121 Å². The number of rotatable bonds is 10. The predicted molar refractivity (Wildman–Crippen MR) is 207 cm³/mol. The average Bonchev–Trinajstić information content (AvgIpc) is 3.10. The van der Waals surface area contributed by atoms with Gasteiger partial charge in [0.15, 0.2) is 0 Å². The minimum atomic E-state index is -0.957. The molecule has 0 fully saturated rings. The summed E-state index contributed by atoms with van der Waals surface area (Å²) in [4.78, 5) is 2.30. The number of hydrogen-bond donors (Lipinski definition) is 1. The van der Waals surface area contributed by atoms with Gasteiger partial charge in [-0.3, -0.25) is 0 Å². The van der Waals surface area contributed by atoms with Gasteiger partial charge in [0.1, 0.15) is 0 Å². The van der Waals surface area contributed by atoms with Gasteiger partial charge in [-0.15, -0.1) is 0 Å². The van der Waals surface area contributed by atoms with Crippen LogP contribution in [0.2, 0.25) is 0 Å². The number of fused-ring (bicyclic) bond motifs is 1. The van der Waals surface area contributed by atoms with Gasteiger partial charge in [-0.25, -0.2) is 0 Å². The maximum absolute atomic E-state index is 10.5. The third kappa shape index (κ3) is 7.16. The summed E-state index contributed by atoms with van der Waals surface area (Å²) in [5.74, 6) is 0. The Hall–Kier alpha value is -4.90. The molecule has 0 bridgehead atoms. The van der Waals surface area contributed by atoms with Crippen LogP contribution in [0.3, 0.4) is 0 Å². The molecule has 0 spiro atoms. The lowest BCUT2D eigenvalue weighted by Gasteiger charge is -2.37. The highest BCUT2D eigenvalue weighted by Crippen LogP contribution is 2.38. The molecule has 0 radical (unpaired) electrons. The molecule has 0 saturated heterocycles. The zero-order valence-electron chi connectivity index (χ0n) is 28.7. The Balaban J connectivity index is 1.35. The molecule has 3 nitrogen and oxygen atoms in total. The van der Waals surface area contributed by atoms with Crippen molar-refractivity contribution in [2.24, 2.45) is 0 Å². The standard InChI is InChI=1S/C44H44BNO2/c1-6-7-13-32-14-8-10-17-40(32)34-20-26-37(27-21-34)46(39-30-24-36(25-31-39)45-48-44(4,5)43(2,3)47)38-28-22-35(23-29-38)42-19-12-16-33-15-9-11-18-41(33)42/h6-13,15-31,45,47H,14H2,1-5H3/b7-6-,32-13+. The predicted octanol–water partition coefficient (Wildman–Crippen LogP) is 10.4. The van der Waals surface area contributed by atoms with Crippen molar-refractivity contribution in [3.8, 4) is 11.1 Å². The molecule has 0 atom stereocenters. The van der Waals surface area contributed by atoms with Gasteiger partial charge in [0, 0.05) is 17.1 Å². The minimum absolute atomic E-state index is 0.415. The first-order chi connectivity index (χ1) is 23.1. The molecule has 4 heteroatoms. The van der Waals surface area contributed by atoms with Crippen LogP contribution in [0.25, 0.3) is 27.5 Å². The second kappa shape index (κ2) is 14.1. The van der Waals surface area contributed by atoms with Crippen LogP contribution in [-0.2, 0) is 4.65 Å². The highest BCUT2D eigenvalue weighted by molar-refractivity contribution is 6.47. The average molecular weight is 630 g/mol. The topological polar surface area (TPSA) is 32.7 Å². The fourth-order valence-electron chi connectivity index (χ4n) is 5.91. The van der Waals surface area contributed by atoms with E-state index in [2.05, 4.69) is 157 Å². The van der Waals surface area contributed by atoms with E-state index in [-0.39, 0.29) is 0 Å². The van der Waals surface area contributed by atoms with E-state index in [1.165, 1.54) is 38.6 Å². The molecule has 240 valence electrons. The van der Waals surface area contributed by atoms with Crippen molar-refractivity contribution in [1.82, 2.24) is 0 Å². The Morgan fingerprint density at radius 2 is 1.33 bits per heavy atom. The number of nitrogens with zero attached hydrogens (tertiary/aromatic N) is 1. The van der Waals surface area contributed by atoms with Gasteiger partial charge in [0.2, 0.25) is 0 Å². The Labute approximate surface area is 286 Å². The van der Waals surface area contributed by atoms with E-state index in [0.29, 0.717) is 7.48 Å². The van der Waals surface area contributed by atoms with Crippen LogP contribution in [0.1, 0.15) is 46.6 Å². The monoisotopic (exact) mass is 629 g/mol. The Morgan fingerprint density at radius 3 is 1.98 bits per heavy atom. The molecule has 1 aliphatic carbocycles. The molecule has 1 N–H and O–H groups in total. The molecule has 5 aromatic carbocycles. The Morgan fingerprint density at radius 1 is 0.729 bits per heavy atom. The van der Waals surface area contributed by atoms with Crippen molar-refractivity contribution in [1.29, 1.82) is 0 Å². The lowest BCUT2D eigenvalue weighted by atomic mass is 9.82. The first-order valence-corrected chi connectivity index (χ1v) is 16.8. The number of allylic oxidation sites excluding steroid dienone is 8. The summed E-state index contributed by atoms with van der Waals surface area (Å²) >= 11 is 0. The van der Waals surface area contributed by atoms with Crippen LogP contribution in [-0.4, -0.2) is 23.8 Å². The molecule has 0 saturated carbocycles. The van der Waals surface area contributed by atoms with Crippen molar-refractivity contribution < 1.29 is 9.76 Å². The summed E-state index contributed by atoms with van der Waals surface area (Å²) in [6, 6.07) is 41.3. The Bertz CT molecular complexity index is 1990. The molecule has 0 aliphatic heterocycles. The molecule has 6 rings (SSSR count). The smallest absolute Gasteiger partial charge is 0.309 e. The van der Waals surface area contributed by atoms with Crippen LogP contribution in [0.4, 0.5) is 17.1 Å². The second-order valence-electron chi connectivity index (χ2n) is 13.4. The summed E-state index contributed by atoms with van der Waals surface area (Å²) in [5, 5.41) is 13.0. The molecule has 0 amide bonds. The summed E-state index contributed by atoms with van der Waals surface area (Å²) in [7, 11) is 0.415. The van der Waals surface area contributed by atoms with Gasteiger partial charge in [-0.2, -0.15) is 0 Å². The van der Waals surface area contributed by atoms with Gasteiger partial charge in [-0.05, 0) is 116 Å². The van der Waals surface area contributed by atoms with Crippen LogP contribution < -0.4 is 10.4 Å². The van der Waals surface area contributed by atoms with E-state index in [9.17, 15) is 5.11 Å². The van der Waals surface area contributed by atoms with Crippen LogP contribution in [0, 0.1) is 0 Å². The minimum Gasteiger partial charge on any atom is -0.427 e. The van der Waals surface area contributed by atoms with E-state index in [1.807, 2.05) is 20.8 Å². The molecule has 0 aromatic heterocycles. The van der Waals surface area contributed by atoms with E-state index < -0.39 is 11.2 Å². The molecule has 1 aliphatic rings. The molecular weight excluding hydrogens is 585 g/mol. The Kier molecular flexibility index (Phi) is 9.68. The van der Waals surface area contributed by atoms with Crippen molar-refractivity contribution >= 4 is 46.4 Å². The quantitative estimate of drug-likeness (QED) is 0.156. The summed E-state index contributed by atoms with van der Waals surface area (Å²) in [6.07, 6.45) is 13.9. The third-order valence-corrected chi connectivity index (χ3v) is 9.50. The van der Waals surface area contributed by atoms with Crippen molar-refractivity contribution in [3.63, 3.8) is 0 Å². The summed E-state index contributed by atoms with van der Waals surface area (Å²) < 4.78 is 6.16. The highest BCUT2D eigenvalue weighted by atomic mass is 16.5. The lowest BCUT2D eigenvalue weighted by Crippen LogP contribution is -2.49. The van der Waals surface area contributed by atoms with Crippen LogP contribution in [0.5, 0.6) is 0 Å². The molecule has 0 unspecified atom stereocenters.